The number of hydrogen-bond donors (Lipinski definition) is 2. The van der Waals surface area contributed by atoms with Crippen LogP contribution in [0.1, 0.15) is 12.1 Å². The maximum absolute atomic E-state index is 8.60. The highest BCUT2D eigenvalue weighted by molar-refractivity contribution is 5.95. The van der Waals surface area contributed by atoms with Crippen LogP contribution in [0.25, 0.3) is 0 Å². The van der Waals surface area contributed by atoms with Crippen LogP contribution in [-0.2, 0) is 4.74 Å². The van der Waals surface area contributed by atoms with Crippen LogP contribution in [0.15, 0.2) is 17.4 Å². The van der Waals surface area contributed by atoms with Crippen LogP contribution in [0, 0.1) is 0 Å². The van der Waals surface area contributed by atoms with Gasteiger partial charge in [-0.2, -0.15) is 0 Å². The summed E-state index contributed by atoms with van der Waals surface area (Å²) in [5, 5.41) is 11.5. The summed E-state index contributed by atoms with van der Waals surface area (Å²) in [5.74, 6) is 0.569. The molecule has 17 heavy (non-hydrogen) atoms. The van der Waals surface area contributed by atoms with Crippen LogP contribution >= 0.6 is 0 Å². The number of ether oxygens (including phenoxy) is 1. The zero-order valence-corrected chi connectivity index (χ0v) is 9.41. The van der Waals surface area contributed by atoms with Crippen LogP contribution in [0.3, 0.4) is 0 Å². The summed E-state index contributed by atoms with van der Waals surface area (Å²) in [7, 11) is 0. The second-order valence-electron chi connectivity index (χ2n) is 3.68. The molecule has 2 rings (SSSR count). The Morgan fingerprint density at radius 1 is 1.47 bits per heavy atom. The third-order valence-corrected chi connectivity index (χ3v) is 2.52. The van der Waals surface area contributed by atoms with E-state index >= 15 is 0 Å². The molecule has 1 fully saturated rings. The lowest BCUT2D eigenvalue weighted by atomic mass is 10.4. The van der Waals surface area contributed by atoms with Gasteiger partial charge in [0.25, 0.3) is 0 Å². The molecule has 7 nitrogen and oxygen atoms in total. The Bertz CT molecular complexity index is 401. The molecule has 92 valence electrons. The molecule has 0 radical (unpaired) electrons. The van der Waals surface area contributed by atoms with E-state index in [1.54, 1.807) is 12.3 Å². The lowest BCUT2D eigenvalue weighted by Crippen LogP contribution is -2.28. The van der Waals surface area contributed by atoms with E-state index in [2.05, 4.69) is 15.1 Å². The van der Waals surface area contributed by atoms with Crippen molar-refractivity contribution < 1.29 is 9.94 Å². The first-order valence-corrected chi connectivity index (χ1v) is 5.45. The molecule has 0 saturated carbocycles. The van der Waals surface area contributed by atoms with Crippen molar-refractivity contribution in [3.63, 3.8) is 0 Å². The Kier molecular flexibility index (Phi) is 3.71. The van der Waals surface area contributed by atoms with E-state index in [1.165, 1.54) is 0 Å². The van der Waals surface area contributed by atoms with E-state index in [0.29, 0.717) is 18.2 Å². The number of rotatable bonds is 2. The van der Waals surface area contributed by atoms with E-state index in [1.807, 2.05) is 4.90 Å². The van der Waals surface area contributed by atoms with Crippen LogP contribution in [0.4, 0.5) is 5.95 Å². The third-order valence-electron chi connectivity index (χ3n) is 2.52. The second-order valence-corrected chi connectivity index (χ2v) is 3.68. The number of nitrogens with zero attached hydrogens (tertiary/aromatic N) is 4. The fourth-order valence-corrected chi connectivity index (χ4v) is 1.64. The van der Waals surface area contributed by atoms with Crippen LogP contribution in [0.5, 0.6) is 0 Å². The first-order chi connectivity index (χ1) is 8.31. The fourth-order valence-electron chi connectivity index (χ4n) is 1.64. The Balaban J connectivity index is 2.19. The van der Waals surface area contributed by atoms with Crippen molar-refractivity contribution in [1.29, 1.82) is 0 Å². The molecule has 1 aromatic heterocycles. The molecule has 0 unspecified atom stereocenters. The molecule has 1 aromatic rings. The molecule has 0 aliphatic carbocycles. The average molecular weight is 237 g/mol. The molecule has 0 aromatic carbocycles. The normalized spacial score (nSPS) is 17.9. The number of nitrogens with two attached hydrogens (primary N) is 1. The van der Waals surface area contributed by atoms with Gasteiger partial charge in [0.1, 0.15) is 5.69 Å². The standard InChI is InChI=1S/C10H15N5O2/c11-9(14-16)8-2-3-12-10(13-8)15-4-1-6-17-7-5-15/h2-3,16H,1,4-7H2,(H2,11,14). The number of aromatic nitrogens is 2. The summed E-state index contributed by atoms with van der Waals surface area (Å²) < 4.78 is 5.36. The summed E-state index contributed by atoms with van der Waals surface area (Å²) in [6, 6.07) is 1.60. The van der Waals surface area contributed by atoms with Crippen molar-refractivity contribution in [1.82, 2.24) is 9.97 Å². The Morgan fingerprint density at radius 3 is 3.18 bits per heavy atom. The minimum Gasteiger partial charge on any atom is -0.409 e. The molecule has 1 aliphatic heterocycles. The maximum Gasteiger partial charge on any atom is 0.226 e. The van der Waals surface area contributed by atoms with E-state index in [4.69, 9.17) is 15.7 Å². The van der Waals surface area contributed by atoms with Gasteiger partial charge in [-0.3, -0.25) is 0 Å². The largest absolute Gasteiger partial charge is 0.409 e. The first kappa shape index (κ1) is 11.6. The zero-order chi connectivity index (χ0) is 12.1. The SMILES string of the molecule is N/C(=N/O)c1ccnc(N2CCCOCC2)n1. The van der Waals surface area contributed by atoms with E-state index in [-0.39, 0.29) is 5.84 Å². The quantitative estimate of drug-likeness (QED) is 0.320. The van der Waals surface area contributed by atoms with Crippen molar-refractivity contribution >= 4 is 11.8 Å². The number of hydrogen-bond acceptors (Lipinski definition) is 6. The topological polar surface area (TPSA) is 96.9 Å². The van der Waals surface area contributed by atoms with Gasteiger partial charge in [-0.05, 0) is 12.5 Å². The summed E-state index contributed by atoms with van der Waals surface area (Å²) in [6.07, 6.45) is 2.54. The Hall–Kier alpha value is -1.89. The van der Waals surface area contributed by atoms with Crippen molar-refractivity contribution in [2.45, 2.75) is 6.42 Å². The van der Waals surface area contributed by atoms with Gasteiger partial charge in [0, 0.05) is 25.9 Å². The Morgan fingerprint density at radius 2 is 2.35 bits per heavy atom. The minimum atomic E-state index is -0.0141. The molecule has 0 amide bonds. The predicted molar refractivity (Wildman–Crippen MR) is 62.2 cm³/mol. The molecular weight excluding hydrogens is 222 g/mol. The molecule has 0 bridgehead atoms. The second kappa shape index (κ2) is 5.44. The number of oxime groups is 1. The van der Waals surface area contributed by atoms with Gasteiger partial charge in [-0.15, -0.1) is 0 Å². The summed E-state index contributed by atoms with van der Waals surface area (Å²) in [4.78, 5) is 10.5. The molecular formula is C10H15N5O2. The molecule has 1 aliphatic rings. The summed E-state index contributed by atoms with van der Waals surface area (Å²) in [6.45, 7) is 3.02. The third kappa shape index (κ3) is 2.82. The van der Waals surface area contributed by atoms with Crippen molar-refractivity contribution in [2.24, 2.45) is 10.9 Å². The van der Waals surface area contributed by atoms with Crippen molar-refractivity contribution in [3.8, 4) is 0 Å². The summed E-state index contributed by atoms with van der Waals surface area (Å²) >= 11 is 0. The van der Waals surface area contributed by atoms with Gasteiger partial charge in [-0.25, -0.2) is 9.97 Å². The Labute approximate surface area is 98.9 Å². The van der Waals surface area contributed by atoms with Crippen LogP contribution in [-0.4, -0.2) is 47.3 Å². The van der Waals surface area contributed by atoms with E-state index in [0.717, 1.165) is 26.1 Å². The van der Waals surface area contributed by atoms with Gasteiger partial charge in [0.15, 0.2) is 5.84 Å². The number of amidine groups is 1. The fraction of sp³-hybridized carbons (Fsp3) is 0.500. The first-order valence-electron chi connectivity index (χ1n) is 5.45. The predicted octanol–water partition coefficient (Wildman–Crippen LogP) is -0.202. The highest BCUT2D eigenvalue weighted by Crippen LogP contribution is 2.10. The molecule has 3 N–H and O–H groups in total. The lowest BCUT2D eigenvalue weighted by Gasteiger charge is -2.19. The van der Waals surface area contributed by atoms with Crippen LogP contribution in [0.2, 0.25) is 0 Å². The molecule has 0 atom stereocenters. The van der Waals surface area contributed by atoms with Gasteiger partial charge < -0.3 is 20.6 Å². The van der Waals surface area contributed by atoms with Crippen molar-refractivity contribution in [2.75, 3.05) is 31.2 Å². The van der Waals surface area contributed by atoms with Gasteiger partial charge in [0.2, 0.25) is 5.95 Å². The molecule has 0 spiro atoms. The molecule has 1 saturated heterocycles. The highest BCUT2D eigenvalue weighted by Gasteiger charge is 2.13. The minimum absolute atomic E-state index is 0.0141. The monoisotopic (exact) mass is 237 g/mol. The molecule has 7 heteroatoms. The van der Waals surface area contributed by atoms with Gasteiger partial charge in [-0.1, -0.05) is 5.16 Å². The van der Waals surface area contributed by atoms with Crippen molar-refractivity contribution in [3.05, 3.63) is 18.0 Å². The van der Waals surface area contributed by atoms with Crippen LogP contribution < -0.4 is 10.6 Å². The lowest BCUT2D eigenvalue weighted by molar-refractivity contribution is 0.152. The smallest absolute Gasteiger partial charge is 0.226 e. The van der Waals surface area contributed by atoms with E-state index < -0.39 is 0 Å². The molecule has 2 heterocycles. The number of anilines is 1. The van der Waals surface area contributed by atoms with Gasteiger partial charge >= 0.3 is 0 Å². The highest BCUT2D eigenvalue weighted by atomic mass is 16.5. The van der Waals surface area contributed by atoms with E-state index in [9.17, 15) is 0 Å². The van der Waals surface area contributed by atoms with Gasteiger partial charge in [0.05, 0.1) is 6.61 Å². The average Bonchev–Trinajstić information content (AvgIpc) is 2.67. The zero-order valence-electron chi connectivity index (χ0n) is 9.41. The summed E-state index contributed by atoms with van der Waals surface area (Å²) in [5.41, 5.74) is 5.91. The maximum atomic E-state index is 8.60.